The van der Waals surface area contributed by atoms with Gasteiger partial charge in [0.05, 0.1) is 12.7 Å². The molecule has 0 amide bonds. The SMILES string of the molecule is ClCC1(CNCC2OCCc3ccccc32)CCCC1. The summed E-state index contributed by atoms with van der Waals surface area (Å²) in [5.74, 6) is 0.780. The van der Waals surface area contributed by atoms with E-state index in [-0.39, 0.29) is 6.10 Å². The number of ether oxygens (including phenoxy) is 1. The molecule has 1 unspecified atom stereocenters. The van der Waals surface area contributed by atoms with Gasteiger partial charge in [-0.25, -0.2) is 0 Å². The predicted molar refractivity (Wildman–Crippen MR) is 83.3 cm³/mol. The van der Waals surface area contributed by atoms with Crippen LogP contribution in [-0.4, -0.2) is 25.6 Å². The lowest BCUT2D eigenvalue weighted by atomic mass is 9.88. The Morgan fingerprint density at radius 3 is 2.85 bits per heavy atom. The maximum atomic E-state index is 6.20. The highest BCUT2D eigenvalue weighted by atomic mass is 35.5. The van der Waals surface area contributed by atoms with E-state index in [0.29, 0.717) is 5.41 Å². The van der Waals surface area contributed by atoms with Gasteiger partial charge in [-0.05, 0) is 35.8 Å². The van der Waals surface area contributed by atoms with E-state index in [9.17, 15) is 0 Å². The normalized spacial score (nSPS) is 24.6. The first-order valence-electron chi connectivity index (χ1n) is 7.79. The second-order valence-electron chi connectivity index (χ2n) is 6.28. The van der Waals surface area contributed by atoms with Crippen LogP contribution in [0.1, 0.15) is 42.9 Å². The number of alkyl halides is 1. The molecule has 1 aromatic rings. The van der Waals surface area contributed by atoms with Gasteiger partial charge in [0.1, 0.15) is 0 Å². The molecule has 3 heteroatoms. The third kappa shape index (κ3) is 3.03. The van der Waals surface area contributed by atoms with Crippen LogP contribution in [0.25, 0.3) is 0 Å². The van der Waals surface area contributed by atoms with E-state index < -0.39 is 0 Å². The Kier molecular flexibility index (Phi) is 4.65. The number of nitrogens with one attached hydrogen (secondary N) is 1. The quantitative estimate of drug-likeness (QED) is 0.836. The van der Waals surface area contributed by atoms with Crippen molar-refractivity contribution in [3.63, 3.8) is 0 Å². The van der Waals surface area contributed by atoms with Gasteiger partial charge in [-0.1, -0.05) is 37.1 Å². The largest absolute Gasteiger partial charge is 0.372 e. The van der Waals surface area contributed by atoms with Crippen LogP contribution in [-0.2, 0) is 11.2 Å². The smallest absolute Gasteiger partial charge is 0.0952 e. The van der Waals surface area contributed by atoms with E-state index >= 15 is 0 Å². The van der Waals surface area contributed by atoms with Gasteiger partial charge in [-0.3, -0.25) is 0 Å². The van der Waals surface area contributed by atoms with Crippen molar-refractivity contribution in [1.82, 2.24) is 5.32 Å². The molecule has 110 valence electrons. The van der Waals surface area contributed by atoms with Gasteiger partial charge in [0, 0.05) is 19.0 Å². The Balaban J connectivity index is 1.57. The molecule has 0 aromatic heterocycles. The molecule has 1 fully saturated rings. The van der Waals surface area contributed by atoms with Crippen molar-refractivity contribution in [2.75, 3.05) is 25.6 Å². The molecule has 1 saturated carbocycles. The van der Waals surface area contributed by atoms with Crippen LogP contribution in [0.3, 0.4) is 0 Å². The molecule has 1 atom stereocenters. The van der Waals surface area contributed by atoms with Crippen molar-refractivity contribution in [2.24, 2.45) is 5.41 Å². The van der Waals surface area contributed by atoms with Gasteiger partial charge in [0.25, 0.3) is 0 Å². The van der Waals surface area contributed by atoms with Crippen molar-refractivity contribution >= 4 is 11.6 Å². The Hall–Kier alpha value is -0.570. The van der Waals surface area contributed by atoms with Crippen LogP contribution in [0, 0.1) is 5.41 Å². The zero-order chi connectivity index (χ0) is 13.8. The maximum Gasteiger partial charge on any atom is 0.0952 e. The molecular weight excluding hydrogens is 270 g/mol. The van der Waals surface area contributed by atoms with Crippen LogP contribution < -0.4 is 5.32 Å². The minimum Gasteiger partial charge on any atom is -0.372 e. The summed E-state index contributed by atoms with van der Waals surface area (Å²) in [6.07, 6.45) is 6.44. The number of hydrogen-bond acceptors (Lipinski definition) is 2. The molecule has 1 aliphatic heterocycles. The standard InChI is InChI=1S/C17H24ClNO/c18-12-17(8-3-4-9-17)13-19-11-16-15-6-2-1-5-14(15)7-10-20-16/h1-2,5-6,16,19H,3-4,7-13H2. The summed E-state index contributed by atoms with van der Waals surface area (Å²) >= 11 is 6.20. The molecule has 20 heavy (non-hydrogen) atoms. The zero-order valence-corrected chi connectivity index (χ0v) is 12.8. The molecular formula is C17H24ClNO. The highest BCUT2D eigenvalue weighted by molar-refractivity contribution is 6.18. The first-order chi connectivity index (χ1) is 9.83. The van der Waals surface area contributed by atoms with Gasteiger partial charge in [-0.2, -0.15) is 0 Å². The lowest BCUT2D eigenvalue weighted by Gasteiger charge is -2.30. The molecule has 2 aliphatic rings. The summed E-state index contributed by atoms with van der Waals surface area (Å²) < 4.78 is 5.94. The Labute approximate surface area is 126 Å². The van der Waals surface area contributed by atoms with Crippen LogP contribution >= 0.6 is 11.6 Å². The lowest BCUT2D eigenvalue weighted by Crippen LogP contribution is -2.37. The van der Waals surface area contributed by atoms with E-state index in [2.05, 4.69) is 29.6 Å². The summed E-state index contributed by atoms with van der Waals surface area (Å²) in [5, 5.41) is 3.62. The summed E-state index contributed by atoms with van der Waals surface area (Å²) in [6.45, 7) is 2.76. The molecule has 3 rings (SSSR count). The Bertz CT molecular complexity index is 442. The fraction of sp³-hybridized carbons (Fsp3) is 0.647. The van der Waals surface area contributed by atoms with Gasteiger partial charge in [0.15, 0.2) is 0 Å². The van der Waals surface area contributed by atoms with Gasteiger partial charge < -0.3 is 10.1 Å². The first kappa shape index (κ1) is 14.4. The van der Waals surface area contributed by atoms with E-state index in [0.717, 1.165) is 32.0 Å². The van der Waals surface area contributed by atoms with Crippen molar-refractivity contribution in [1.29, 1.82) is 0 Å². The molecule has 1 aromatic carbocycles. The molecule has 0 radical (unpaired) electrons. The molecule has 1 N–H and O–H groups in total. The fourth-order valence-corrected chi connectivity index (χ4v) is 3.96. The van der Waals surface area contributed by atoms with Crippen molar-refractivity contribution < 1.29 is 4.74 Å². The molecule has 0 bridgehead atoms. The number of hydrogen-bond donors (Lipinski definition) is 1. The molecule has 2 nitrogen and oxygen atoms in total. The predicted octanol–water partition coefficient (Wildman–Crippen LogP) is 3.69. The van der Waals surface area contributed by atoms with Crippen LogP contribution in [0.2, 0.25) is 0 Å². The monoisotopic (exact) mass is 293 g/mol. The van der Waals surface area contributed by atoms with Gasteiger partial charge in [0.2, 0.25) is 0 Å². The maximum absolute atomic E-state index is 6.20. The van der Waals surface area contributed by atoms with Crippen LogP contribution in [0.15, 0.2) is 24.3 Å². The molecule has 1 heterocycles. The second-order valence-corrected chi connectivity index (χ2v) is 6.55. The molecule has 1 aliphatic carbocycles. The summed E-state index contributed by atoms with van der Waals surface area (Å²) in [5.41, 5.74) is 3.13. The number of fused-ring (bicyclic) bond motifs is 1. The summed E-state index contributed by atoms with van der Waals surface area (Å²) in [7, 11) is 0. The van der Waals surface area contributed by atoms with E-state index in [4.69, 9.17) is 16.3 Å². The number of benzene rings is 1. The highest BCUT2D eigenvalue weighted by Gasteiger charge is 2.33. The van der Waals surface area contributed by atoms with Crippen LogP contribution in [0.4, 0.5) is 0 Å². The van der Waals surface area contributed by atoms with E-state index in [1.54, 1.807) is 0 Å². The zero-order valence-electron chi connectivity index (χ0n) is 12.0. The molecule has 0 saturated heterocycles. The number of rotatable bonds is 5. The topological polar surface area (TPSA) is 21.3 Å². The summed E-state index contributed by atoms with van der Waals surface area (Å²) in [6, 6.07) is 8.66. The van der Waals surface area contributed by atoms with Crippen molar-refractivity contribution in [3.05, 3.63) is 35.4 Å². The first-order valence-corrected chi connectivity index (χ1v) is 8.33. The van der Waals surface area contributed by atoms with Crippen LogP contribution in [0.5, 0.6) is 0 Å². The van der Waals surface area contributed by atoms with Crippen molar-refractivity contribution in [3.8, 4) is 0 Å². The highest BCUT2D eigenvalue weighted by Crippen LogP contribution is 2.38. The minimum absolute atomic E-state index is 0.203. The van der Waals surface area contributed by atoms with E-state index in [1.807, 2.05) is 0 Å². The average molecular weight is 294 g/mol. The minimum atomic E-state index is 0.203. The van der Waals surface area contributed by atoms with Gasteiger partial charge >= 0.3 is 0 Å². The molecule has 0 spiro atoms. The second kappa shape index (κ2) is 6.46. The third-order valence-corrected chi connectivity index (χ3v) is 5.44. The third-order valence-electron chi connectivity index (χ3n) is 4.87. The summed E-state index contributed by atoms with van der Waals surface area (Å²) in [4.78, 5) is 0. The Morgan fingerprint density at radius 2 is 2.05 bits per heavy atom. The average Bonchev–Trinajstić information content (AvgIpc) is 2.97. The fourth-order valence-electron chi connectivity index (χ4n) is 3.60. The van der Waals surface area contributed by atoms with Gasteiger partial charge in [-0.15, -0.1) is 11.6 Å². The Morgan fingerprint density at radius 1 is 1.25 bits per heavy atom. The van der Waals surface area contributed by atoms with Crippen molar-refractivity contribution in [2.45, 2.75) is 38.2 Å². The van der Waals surface area contributed by atoms with E-state index in [1.165, 1.54) is 36.8 Å². The lowest BCUT2D eigenvalue weighted by molar-refractivity contribution is 0.0409. The number of halogens is 1.